The van der Waals surface area contributed by atoms with Gasteiger partial charge in [0, 0.05) is 46.4 Å². The molecular formula is C18H39IN4O2. The first-order chi connectivity index (χ1) is 11.6. The van der Waals surface area contributed by atoms with Gasteiger partial charge < -0.3 is 20.1 Å². The Balaban J connectivity index is 0.00000576. The minimum absolute atomic E-state index is 0. The van der Waals surface area contributed by atoms with E-state index in [4.69, 9.17) is 9.47 Å². The first-order valence-corrected chi connectivity index (χ1v) is 9.43. The summed E-state index contributed by atoms with van der Waals surface area (Å²) in [6.07, 6.45) is 1.30. The van der Waals surface area contributed by atoms with E-state index >= 15 is 0 Å². The maximum Gasteiger partial charge on any atom is 0.190 e. The second-order valence-corrected chi connectivity index (χ2v) is 6.92. The first-order valence-electron chi connectivity index (χ1n) is 9.43. The molecule has 0 bridgehead atoms. The number of nitrogens with zero attached hydrogens (tertiary/aromatic N) is 2. The summed E-state index contributed by atoms with van der Waals surface area (Å²) >= 11 is 0. The average molecular weight is 470 g/mol. The fourth-order valence-electron chi connectivity index (χ4n) is 2.94. The molecule has 1 fully saturated rings. The maximum atomic E-state index is 5.79. The number of morpholine rings is 1. The summed E-state index contributed by atoms with van der Waals surface area (Å²) in [5.74, 6) is 1.99. The van der Waals surface area contributed by atoms with E-state index in [1.165, 1.54) is 0 Å². The number of ether oxygens (including phenoxy) is 2. The van der Waals surface area contributed by atoms with Gasteiger partial charge in [0.15, 0.2) is 5.96 Å². The number of hydrogen-bond acceptors (Lipinski definition) is 4. The SMILES string of the molecule is CCOC(CCNC(=NC)NCC(C)CN1CCOCC1)C(C)C.I. The zero-order valence-electron chi connectivity index (χ0n) is 16.7. The van der Waals surface area contributed by atoms with Gasteiger partial charge in [-0.25, -0.2) is 0 Å². The Hall–Kier alpha value is -0.120. The molecule has 0 aromatic heterocycles. The highest BCUT2D eigenvalue weighted by Crippen LogP contribution is 2.09. The van der Waals surface area contributed by atoms with Crippen molar-refractivity contribution in [2.24, 2.45) is 16.8 Å². The van der Waals surface area contributed by atoms with E-state index in [-0.39, 0.29) is 24.0 Å². The second-order valence-electron chi connectivity index (χ2n) is 6.92. The van der Waals surface area contributed by atoms with Gasteiger partial charge in [0.1, 0.15) is 0 Å². The third-order valence-corrected chi connectivity index (χ3v) is 4.36. The molecule has 1 aliphatic heterocycles. The summed E-state index contributed by atoms with van der Waals surface area (Å²) in [5, 5.41) is 6.83. The summed E-state index contributed by atoms with van der Waals surface area (Å²) in [4.78, 5) is 6.79. The van der Waals surface area contributed by atoms with Crippen LogP contribution in [-0.4, -0.2) is 76.6 Å². The van der Waals surface area contributed by atoms with Crippen LogP contribution in [0.2, 0.25) is 0 Å². The van der Waals surface area contributed by atoms with Crippen LogP contribution in [0.4, 0.5) is 0 Å². The molecule has 2 atom stereocenters. The van der Waals surface area contributed by atoms with Crippen LogP contribution in [0.1, 0.15) is 34.1 Å². The number of nitrogens with one attached hydrogen (secondary N) is 2. The number of rotatable bonds is 10. The molecule has 1 aliphatic rings. The van der Waals surface area contributed by atoms with Crippen molar-refractivity contribution >= 4 is 29.9 Å². The van der Waals surface area contributed by atoms with E-state index < -0.39 is 0 Å². The zero-order valence-corrected chi connectivity index (χ0v) is 19.0. The molecule has 2 N–H and O–H groups in total. The van der Waals surface area contributed by atoms with Crippen LogP contribution >= 0.6 is 24.0 Å². The molecule has 0 saturated carbocycles. The van der Waals surface area contributed by atoms with Crippen LogP contribution in [0.15, 0.2) is 4.99 Å². The van der Waals surface area contributed by atoms with Crippen molar-refractivity contribution in [3.05, 3.63) is 0 Å². The fourth-order valence-corrected chi connectivity index (χ4v) is 2.94. The van der Waals surface area contributed by atoms with E-state index in [0.29, 0.717) is 17.9 Å². The molecule has 1 rings (SSSR count). The molecule has 0 amide bonds. The predicted octanol–water partition coefficient (Wildman–Crippen LogP) is 2.19. The highest BCUT2D eigenvalue weighted by Gasteiger charge is 2.15. The van der Waals surface area contributed by atoms with E-state index in [1.54, 1.807) is 0 Å². The number of guanidine groups is 1. The summed E-state index contributed by atoms with van der Waals surface area (Å²) in [5.41, 5.74) is 0. The van der Waals surface area contributed by atoms with Crippen molar-refractivity contribution in [1.29, 1.82) is 0 Å². The highest BCUT2D eigenvalue weighted by molar-refractivity contribution is 14.0. The Bertz CT molecular complexity index is 350. The van der Waals surface area contributed by atoms with Gasteiger partial charge in [-0.1, -0.05) is 20.8 Å². The fraction of sp³-hybridized carbons (Fsp3) is 0.944. The Morgan fingerprint density at radius 2 is 1.88 bits per heavy atom. The third-order valence-electron chi connectivity index (χ3n) is 4.36. The first kappa shape index (κ1) is 24.9. The van der Waals surface area contributed by atoms with Crippen LogP contribution in [0.25, 0.3) is 0 Å². The van der Waals surface area contributed by atoms with Crippen molar-refractivity contribution in [3.63, 3.8) is 0 Å². The van der Waals surface area contributed by atoms with Crippen molar-refractivity contribution in [2.75, 3.05) is 59.6 Å². The summed E-state index contributed by atoms with van der Waals surface area (Å²) < 4.78 is 11.2. The van der Waals surface area contributed by atoms with Crippen molar-refractivity contribution in [3.8, 4) is 0 Å². The second kappa shape index (κ2) is 15.0. The molecule has 1 heterocycles. The van der Waals surface area contributed by atoms with Gasteiger partial charge in [-0.15, -0.1) is 24.0 Å². The Morgan fingerprint density at radius 1 is 1.20 bits per heavy atom. The molecule has 2 unspecified atom stereocenters. The molecule has 0 spiro atoms. The van der Waals surface area contributed by atoms with Gasteiger partial charge in [0.25, 0.3) is 0 Å². The molecule has 150 valence electrons. The highest BCUT2D eigenvalue weighted by atomic mass is 127. The van der Waals surface area contributed by atoms with Gasteiger partial charge in [-0.05, 0) is 25.2 Å². The largest absolute Gasteiger partial charge is 0.379 e. The lowest BCUT2D eigenvalue weighted by atomic mass is 10.0. The summed E-state index contributed by atoms with van der Waals surface area (Å²) in [6.45, 7) is 16.2. The topological polar surface area (TPSA) is 58.1 Å². The van der Waals surface area contributed by atoms with Gasteiger partial charge in [-0.3, -0.25) is 9.89 Å². The lowest BCUT2D eigenvalue weighted by Gasteiger charge is -2.29. The lowest BCUT2D eigenvalue weighted by molar-refractivity contribution is 0.0258. The molecule has 0 aromatic rings. The van der Waals surface area contributed by atoms with Crippen molar-refractivity contribution in [2.45, 2.75) is 40.2 Å². The van der Waals surface area contributed by atoms with Crippen LogP contribution in [0.3, 0.4) is 0 Å². The van der Waals surface area contributed by atoms with Crippen molar-refractivity contribution in [1.82, 2.24) is 15.5 Å². The summed E-state index contributed by atoms with van der Waals surface area (Å²) in [7, 11) is 1.82. The van der Waals surface area contributed by atoms with E-state index in [1.807, 2.05) is 7.05 Å². The monoisotopic (exact) mass is 470 g/mol. The Kier molecular flexibility index (Phi) is 14.9. The number of halogens is 1. The van der Waals surface area contributed by atoms with Crippen LogP contribution in [0, 0.1) is 11.8 Å². The molecule has 7 heteroatoms. The van der Waals surface area contributed by atoms with Crippen LogP contribution in [0.5, 0.6) is 0 Å². The summed E-state index contributed by atoms with van der Waals surface area (Å²) in [6, 6.07) is 0. The van der Waals surface area contributed by atoms with E-state index in [0.717, 1.165) is 64.9 Å². The molecule has 0 aromatic carbocycles. The standard InChI is InChI=1S/C18H38N4O2.HI/c1-6-24-17(15(2)3)7-8-20-18(19-5)21-13-16(4)14-22-9-11-23-12-10-22;/h15-17H,6-14H2,1-5H3,(H2,19,20,21);1H. The minimum atomic E-state index is 0. The molecular weight excluding hydrogens is 431 g/mol. The maximum absolute atomic E-state index is 5.79. The minimum Gasteiger partial charge on any atom is -0.379 e. The third kappa shape index (κ3) is 11.2. The average Bonchev–Trinajstić information content (AvgIpc) is 2.57. The van der Waals surface area contributed by atoms with Gasteiger partial charge >= 0.3 is 0 Å². The van der Waals surface area contributed by atoms with Crippen LogP contribution < -0.4 is 10.6 Å². The van der Waals surface area contributed by atoms with Crippen LogP contribution in [-0.2, 0) is 9.47 Å². The van der Waals surface area contributed by atoms with Crippen molar-refractivity contribution < 1.29 is 9.47 Å². The number of hydrogen-bond donors (Lipinski definition) is 2. The molecule has 6 nitrogen and oxygen atoms in total. The smallest absolute Gasteiger partial charge is 0.190 e. The van der Waals surface area contributed by atoms with Gasteiger partial charge in [0.2, 0.25) is 0 Å². The van der Waals surface area contributed by atoms with Gasteiger partial charge in [-0.2, -0.15) is 0 Å². The quantitative estimate of drug-likeness (QED) is 0.291. The predicted molar refractivity (Wildman–Crippen MR) is 116 cm³/mol. The number of aliphatic imine (C=N–C) groups is 1. The Labute approximate surface area is 171 Å². The molecule has 0 aliphatic carbocycles. The van der Waals surface area contributed by atoms with E-state index in [9.17, 15) is 0 Å². The molecule has 25 heavy (non-hydrogen) atoms. The normalized spacial score (nSPS) is 18.6. The van der Waals surface area contributed by atoms with Gasteiger partial charge in [0.05, 0.1) is 19.3 Å². The lowest BCUT2D eigenvalue weighted by Crippen LogP contribution is -2.44. The molecule has 1 saturated heterocycles. The zero-order chi connectivity index (χ0) is 17.8. The Morgan fingerprint density at radius 3 is 2.44 bits per heavy atom. The molecule has 0 radical (unpaired) electrons. The van der Waals surface area contributed by atoms with E-state index in [2.05, 4.69) is 48.2 Å².